The molecule has 1 aliphatic carbocycles. The Morgan fingerprint density at radius 2 is 1.58 bits per heavy atom. The van der Waals surface area contributed by atoms with Gasteiger partial charge in [0.05, 0.1) is 24.8 Å². The van der Waals surface area contributed by atoms with Crippen LogP contribution in [0.25, 0.3) is 0 Å². The molecular formula is C34H42ClN3O6S. The summed E-state index contributed by atoms with van der Waals surface area (Å²) in [5.74, 6) is -0.140. The summed E-state index contributed by atoms with van der Waals surface area (Å²) < 4.78 is 40.2. The number of rotatable bonds is 13. The lowest BCUT2D eigenvalue weighted by Gasteiger charge is -2.34. The van der Waals surface area contributed by atoms with E-state index in [1.54, 1.807) is 48.5 Å². The maximum Gasteiger partial charge on any atom is 0.264 e. The molecule has 3 aromatic rings. The molecule has 1 aliphatic rings. The zero-order valence-corrected chi connectivity index (χ0v) is 27.9. The molecule has 0 aromatic heterocycles. The third-order valence-electron chi connectivity index (χ3n) is 8.15. The third kappa shape index (κ3) is 8.49. The second-order valence-corrected chi connectivity index (χ2v) is 13.6. The fourth-order valence-corrected chi connectivity index (χ4v) is 7.15. The molecule has 4 rings (SSSR count). The first-order chi connectivity index (χ1) is 21.6. The highest BCUT2D eigenvalue weighted by atomic mass is 35.5. The van der Waals surface area contributed by atoms with E-state index in [1.165, 1.54) is 37.3 Å². The van der Waals surface area contributed by atoms with Gasteiger partial charge >= 0.3 is 0 Å². The van der Waals surface area contributed by atoms with Crippen LogP contribution < -0.4 is 19.1 Å². The number of aryl methyl sites for hydroxylation is 1. The second-order valence-electron chi connectivity index (χ2n) is 11.3. The van der Waals surface area contributed by atoms with E-state index in [0.29, 0.717) is 22.9 Å². The predicted molar refractivity (Wildman–Crippen MR) is 176 cm³/mol. The van der Waals surface area contributed by atoms with Gasteiger partial charge in [-0.05, 0) is 68.1 Å². The van der Waals surface area contributed by atoms with Gasteiger partial charge in [-0.3, -0.25) is 13.9 Å². The summed E-state index contributed by atoms with van der Waals surface area (Å²) in [5.41, 5.74) is 2.01. The zero-order valence-electron chi connectivity index (χ0n) is 26.3. The summed E-state index contributed by atoms with van der Waals surface area (Å²) in [6, 6.07) is 17.5. The number of anilines is 1. The molecule has 2 amide bonds. The third-order valence-corrected chi connectivity index (χ3v) is 10.2. The summed E-state index contributed by atoms with van der Waals surface area (Å²) in [6.45, 7) is 3.32. The minimum atomic E-state index is -4.27. The van der Waals surface area contributed by atoms with Gasteiger partial charge in [-0.2, -0.15) is 0 Å². The summed E-state index contributed by atoms with van der Waals surface area (Å²) in [4.78, 5) is 29.4. The first-order valence-electron chi connectivity index (χ1n) is 15.2. The Morgan fingerprint density at radius 3 is 2.18 bits per heavy atom. The van der Waals surface area contributed by atoms with E-state index in [0.717, 1.165) is 47.5 Å². The van der Waals surface area contributed by atoms with Crippen LogP contribution in [0.2, 0.25) is 5.02 Å². The number of nitrogens with zero attached hydrogens (tertiary/aromatic N) is 2. The minimum Gasteiger partial charge on any atom is -0.493 e. The fourth-order valence-electron chi connectivity index (χ4n) is 5.59. The van der Waals surface area contributed by atoms with Gasteiger partial charge in [-0.25, -0.2) is 8.42 Å². The van der Waals surface area contributed by atoms with Crippen molar-refractivity contribution in [3.8, 4) is 11.5 Å². The lowest BCUT2D eigenvalue weighted by molar-refractivity contribution is -0.140. The summed E-state index contributed by atoms with van der Waals surface area (Å²) in [7, 11) is -1.39. The number of hydrogen-bond acceptors (Lipinski definition) is 6. The highest BCUT2D eigenvalue weighted by Gasteiger charge is 2.34. The zero-order chi connectivity index (χ0) is 32.6. The molecule has 11 heteroatoms. The number of sulfonamides is 1. The fraction of sp³-hybridized carbons (Fsp3) is 0.412. The minimum absolute atomic E-state index is 0.0577. The van der Waals surface area contributed by atoms with Crippen molar-refractivity contribution < 1.29 is 27.5 Å². The maximum atomic E-state index is 14.3. The van der Waals surface area contributed by atoms with Crippen molar-refractivity contribution in [3.63, 3.8) is 0 Å². The number of benzene rings is 3. The van der Waals surface area contributed by atoms with E-state index in [9.17, 15) is 18.0 Å². The SMILES string of the molecule is CC[C@H](C(=O)NC1CCCCC1)N(Cc1ccc(Cl)cc1)C(=O)CN(c1ccc(C)cc1)S(=O)(=O)c1ccc(OC)c(OC)c1. The van der Waals surface area contributed by atoms with Crippen LogP contribution >= 0.6 is 11.6 Å². The lowest BCUT2D eigenvalue weighted by atomic mass is 9.95. The number of nitrogens with one attached hydrogen (secondary N) is 1. The van der Waals surface area contributed by atoms with Crippen molar-refractivity contribution in [3.05, 3.63) is 82.9 Å². The largest absolute Gasteiger partial charge is 0.493 e. The molecule has 0 aliphatic heterocycles. The van der Waals surface area contributed by atoms with Crippen LogP contribution in [-0.4, -0.2) is 58.0 Å². The van der Waals surface area contributed by atoms with Crippen LogP contribution in [0.15, 0.2) is 71.6 Å². The molecule has 0 unspecified atom stereocenters. The van der Waals surface area contributed by atoms with Gasteiger partial charge < -0.3 is 19.7 Å². The molecule has 3 aromatic carbocycles. The average molecular weight is 656 g/mol. The number of hydrogen-bond donors (Lipinski definition) is 1. The van der Waals surface area contributed by atoms with Crippen LogP contribution in [0.1, 0.15) is 56.6 Å². The maximum absolute atomic E-state index is 14.3. The molecule has 242 valence electrons. The molecule has 0 saturated heterocycles. The molecule has 0 spiro atoms. The van der Waals surface area contributed by atoms with Gasteiger partial charge in [-0.1, -0.05) is 67.6 Å². The van der Waals surface area contributed by atoms with Crippen molar-refractivity contribution in [1.82, 2.24) is 10.2 Å². The molecule has 9 nitrogen and oxygen atoms in total. The standard InChI is InChI=1S/C34H42ClN3O6S/c1-5-30(34(40)36-27-9-7-6-8-10-27)37(22-25-13-15-26(35)16-14-25)33(39)23-38(28-17-11-24(2)12-18-28)45(41,42)29-19-20-31(43-3)32(21-29)44-4/h11-21,27,30H,5-10,22-23H2,1-4H3,(H,36,40)/t30-/m1/s1. The molecule has 1 fully saturated rings. The molecule has 1 N–H and O–H groups in total. The second kappa shape index (κ2) is 15.5. The van der Waals surface area contributed by atoms with Crippen molar-refractivity contribution in [1.29, 1.82) is 0 Å². The van der Waals surface area contributed by atoms with Crippen molar-refractivity contribution in [2.45, 2.75) is 75.9 Å². The van der Waals surface area contributed by atoms with Crippen LogP contribution in [0.4, 0.5) is 5.69 Å². The Morgan fingerprint density at radius 1 is 0.933 bits per heavy atom. The van der Waals surface area contributed by atoms with Gasteiger partial charge in [0.25, 0.3) is 10.0 Å². The van der Waals surface area contributed by atoms with E-state index in [2.05, 4.69) is 5.32 Å². The van der Waals surface area contributed by atoms with Gasteiger partial charge in [0, 0.05) is 23.7 Å². The molecular weight excluding hydrogens is 614 g/mol. The first kappa shape index (κ1) is 34.1. The van der Waals surface area contributed by atoms with E-state index in [-0.39, 0.29) is 29.1 Å². The number of ether oxygens (including phenoxy) is 2. The van der Waals surface area contributed by atoms with Crippen molar-refractivity contribution in [2.75, 3.05) is 25.1 Å². The molecule has 1 saturated carbocycles. The van der Waals surface area contributed by atoms with Crippen LogP contribution in [0.3, 0.4) is 0 Å². The normalized spacial score (nSPS) is 14.3. The highest BCUT2D eigenvalue weighted by molar-refractivity contribution is 7.92. The number of halogens is 1. The van der Waals surface area contributed by atoms with Crippen LogP contribution in [-0.2, 0) is 26.2 Å². The highest BCUT2D eigenvalue weighted by Crippen LogP contribution is 2.32. The Balaban J connectivity index is 1.73. The van der Waals surface area contributed by atoms with Crippen LogP contribution in [0.5, 0.6) is 11.5 Å². The Bertz CT molecular complexity index is 1560. The van der Waals surface area contributed by atoms with Crippen LogP contribution in [0, 0.1) is 6.92 Å². The topological polar surface area (TPSA) is 105 Å². The quantitative estimate of drug-likeness (QED) is 0.238. The van der Waals surface area contributed by atoms with E-state index in [4.69, 9.17) is 21.1 Å². The average Bonchev–Trinajstić information content (AvgIpc) is 3.04. The summed E-state index contributed by atoms with van der Waals surface area (Å²) >= 11 is 6.12. The smallest absolute Gasteiger partial charge is 0.264 e. The van der Waals surface area contributed by atoms with Gasteiger partial charge in [0.15, 0.2) is 11.5 Å². The van der Waals surface area contributed by atoms with Gasteiger partial charge in [-0.15, -0.1) is 0 Å². The van der Waals surface area contributed by atoms with Gasteiger partial charge in [0.2, 0.25) is 11.8 Å². The number of amides is 2. The Hall–Kier alpha value is -3.76. The van der Waals surface area contributed by atoms with E-state index in [1.807, 2.05) is 13.8 Å². The molecule has 0 heterocycles. The summed E-state index contributed by atoms with van der Waals surface area (Å²) in [5, 5.41) is 3.71. The first-order valence-corrected chi connectivity index (χ1v) is 17.0. The molecule has 0 bridgehead atoms. The lowest BCUT2D eigenvalue weighted by Crippen LogP contribution is -2.54. The van der Waals surface area contributed by atoms with E-state index >= 15 is 0 Å². The molecule has 0 radical (unpaired) electrons. The van der Waals surface area contributed by atoms with Crippen molar-refractivity contribution >= 4 is 39.1 Å². The monoisotopic (exact) mass is 655 g/mol. The molecule has 1 atom stereocenters. The molecule has 45 heavy (non-hydrogen) atoms. The van der Waals surface area contributed by atoms with Gasteiger partial charge in [0.1, 0.15) is 12.6 Å². The predicted octanol–water partition coefficient (Wildman–Crippen LogP) is 6.12. The number of methoxy groups -OCH3 is 2. The Labute approximate surface area is 271 Å². The van der Waals surface area contributed by atoms with Crippen molar-refractivity contribution in [2.24, 2.45) is 0 Å². The number of carbonyl (C=O) groups is 2. The van der Waals surface area contributed by atoms with E-state index < -0.39 is 28.5 Å². The summed E-state index contributed by atoms with van der Waals surface area (Å²) in [6.07, 6.45) is 5.40. The Kier molecular flexibility index (Phi) is 11.7. The number of carbonyl (C=O) groups excluding carboxylic acids is 2.